The van der Waals surface area contributed by atoms with Gasteiger partial charge in [-0.2, -0.15) is 0 Å². The Morgan fingerprint density at radius 1 is 1.30 bits per heavy atom. The SMILES string of the molecule is CCCc1cc(C(=O)O)cc(Nc2ccc(I)cc2)n1. The molecule has 0 fully saturated rings. The summed E-state index contributed by atoms with van der Waals surface area (Å²) in [6.45, 7) is 2.04. The first-order valence-corrected chi connectivity index (χ1v) is 7.43. The molecule has 0 aliphatic carbocycles. The van der Waals surface area contributed by atoms with E-state index in [-0.39, 0.29) is 5.56 Å². The van der Waals surface area contributed by atoms with E-state index >= 15 is 0 Å². The average Bonchev–Trinajstić information content (AvgIpc) is 2.41. The van der Waals surface area contributed by atoms with E-state index in [9.17, 15) is 4.79 Å². The number of rotatable bonds is 5. The number of carbonyl (C=O) groups is 1. The van der Waals surface area contributed by atoms with Crippen molar-refractivity contribution in [2.24, 2.45) is 0 Å². The Morgan fingerprint density at radius 2 is 2.00 bits per heavy atom. The molecule has 2 aromatic rings. The van der Waals surface area contributed by atoms with Crippen LogP contribution in [0.4, 0.5) is 11.5 Å². The van der Waals surface area contributed by atoms with E-state index < -0.39 is 5.97 Å². The van der Waals surface area contributed by atoms with Gasteiger partial charge in [-0.15, -0.1) is 0 Å². The fourth-order valence-corrected chi connectivity index (χ4v) is 2.20. The van der Waals surface area contributed by atoms with Crippen LogP contribution in [0.15, 0.2) is 36.4 Å². The maximum Gasteiger partial charge on any atom is 0.335 e. The molecule has 5 heteroatoms. The van der Waals surface area contributed by atoms with Crippen LogP contribution in [0, 0.1) is 3.57 Å². The normalized spacial score (nSPS) is 10.3. The fraction of sp³-hybridized carbons (Fsp3) is 0.200. The second-order valence-electron chi connectivity index (χ2n) is 4.42. The van der Waals surface area contributed by atoms with Crippen LogP contribution in [-0.4, -0.2) is 16.1 Å². The molecule has 0 unspecified atom stereocenters. The zero-order valence-corrected chi connectivity index (χ0v) is 13.2. The van der Waals surface area contributed by atoms with E-state index in [1.54, 1.807) is 12.1 Å². The lowest BCUT2D eigenvalue weighted by Gasteiger charge is -2.09. The van der Waals surface area contributed by atoms with Crippen molar-refractivity contribution in [2.45, 2.75) is 19.8 Å². The lowest BCUT2D eigenvalue weighted by molar-refractivity contribution is 0.0696. The van der Waals surface area contributed by atoms with E-state index in [2.05, 4.69) is 32.9 Å². The van der Waals surface area contributed by atoms with E-state index in [4.69, 9.17) is 5.11 Å². The second-order valence-corrected chi connectivity index (χ2v) is 5.67. The van der Waals surface area contributed by atoms with Gasteiger partial charge in [-0.25, -0.2) is 9.78 Å². The summed E-state index contributed by atoms with van der Waals surface area (Å²) in [6.07, 6.45) is 1.70. The molecule has 4 nitrogen and oxygen atoms in total. The van der Waals surface area contributed by atoms with Crippen molar-refractivity contribution < 1.29 is 9.90 Å². The Bertz CT molecular complexity index is 612. The van der Waals surface area contributed by atoms with Crippen LogP contribution in [-0.2, 0) is 6.42 Å². The molecule has 0 bridgehead atoms. The number of aromatic carboxylic acids is 1. The minimum atomic E-state index is -0.935. The van der Waals surface area contributed by atoms with Crippen LogP contribution >= 0.6 is 22.6 Å². The number of nitrogens with zero attached hydrogens (tertiary/aromatic N) is 1. The van der Waals surface area contributed by atoms with Gasteiger partial charge in [-0.1, -0.05) is 13.3 Å². The molecule has 0 amide bonds. The van der Waals surface area contributed by atoms with Gasteiger partial charge < -0.3 is 10.4 Å². The van der Waals surface area contributed by atoms with Gasteiger partial charge in [0.2, 0.25) is 0 Å². The lowest BCUT2D eigenvalue weighted by Crippen LogP contribution is -2.03. The molecule has 1 aromatic carbocycles. The molecule has 0 aliphatic heterocycles. The van der Waals surface area contributed by atoms with Crippen LogP contribution in [0.2, 0.25) is 0 Å². The predicted molar refractivity (Wildman–Crippen MR) is 87.6 cm³/mol. The highest BCUT2D eigenvalue weighted by atomic mass is 127. The maximum atomic E-state index is 11.2. The Morgan fingerprint density at radius 3 is 2.60 bits per heavy atom. The van der Waals surface area contributed by atoms with Crippen LogP contribution in [0.1, 0.15) is 29.4 Å². The summed E-state index contributed by atoms with van der Waals surface area (Å²) in [5.74, 6) is -0.370. The molecule has 0 atom stereocenters. The number of halogens is 1. The number of hydrogen-bond donors (Lipinski definition) is 2. The van der Waals surface area contributed by atoms with Crippen LogP contribution in [0.5, 0.6) is 0 Å². The zero-order chi connectivity index (χ0) is 14.5. The van der Waals surface area contributed by atoms with E-state index in [0.29, 0.717) is 5.82 Å². The lowest BCUT2D eigenvalue weighted by atomic mass is 10.1. The molecule has 0 spiro atoms. The summed E-state index contributed by atoms with van der Waals surface area (Å²) in [7, 11) is 0. The van der Waals surface area contributed by atoms with Crippen molar-refractivity contribution in [1.29, 1.82) is 0 Å². The summed E-state index contributed by atoms with van der Waals surface area (Å²) in [6, 6.07) is 11.0. The summed E-state index contributed by atoms with van der Waals surface area (Å²) >= 11 is 2.24. The van der Waals surface area contributed by atoms with Crippen molar-refractivity contribution in [3.8, 4) is 0 Å². The highest BCUT2D eigenvalue weighted by Gasteiger charge is 2.08. The van der Waals surface area contributed by atoms with Crippen LogP contribution in [0.3, 0.4) is 0 Å². The third-order valence-corrected chi connectivity index (χ3v) is 3.47. The Labute approximate surface area is 131 Å². The summed E-state index contributed by atoms with van der Waals surface area (Å²) in [5.41, 5.74) is 1.94. The summed E-state index contributed by atoms with van der Waals surface area (Å²) in [5, 5.41) is 12.3. The number of anilines is 2. The molecule has 2 rings (SSSR count). The molecule has 1 heterocycles. The van der Waals surface area contributed by atoms with Crippen LogP contribution < -0.4 is 5.32 Å². The summed E-state index contributed by atoms with van der Waals surface area (Å²) in [4.78, 5) is 15.6. The van der Waals surface area contributed by atoms with Gasteiger partial charge in [-0.3, -0.25) is 0 Å². The zero-order valence-electron chi connectivity index (χ0n) is 11.1. The first kappa shape index (κ1) is 14.8. The monoisotopic (exact) mass is 382 g/mol. The van der Waals surface area contributed by atoms with Gasteiger partial charge in [0.15, 0.2) is 0 Å². The Hall–Kier alpha value is -1.63. The quantitative estimate of drug-likeness (QED) is 0.765. The average molecular weight is 382 g/mol. The number of aryl methyl sites for hydroxylation is 1. The molecular formula is C15H15IN2O2. The number of benzene rings is 1. The standard InChI is InChI=1S/C15H15IN2O2/c1-2-3-13-8-10(15(19)20)9-14(18-13)17-12-6-4-11(16)5-7-12/h4-9H,2-3H2,1H3,(H,17,18)(H,19,20). The Kier molecular flexibility index (Phi) is 4.94. The van der Waals surface area contributed by atoms with Crippen molar-refractivity contribution in [3.63, 3.8) is 0 Å². The fourth-order valence-electron chi connectivity index (χ4n) is 1.84. The third-order valence-electron chi connectivity index (χ3n) is 2.75. The first-order valence-electron chi connectivity index (χ1n) is 6.35. The number of pyridine rings is 1. The van der Waals surface area contributed by atoms with Gasteiger partial charge in [-0.05, 0) is 65.4 Å². The van der Waals surface area contributed by atoms with Crippen molar-refractivity contribution >= 4 is 40.1 Å². The van der Waals surface area contributed by atoms with Gasteiger partial charge >= 0.3 is 5.97 Å². The molecule has 0 aliphatic rings. The largest absolute Gasteiger partial charge is 0.478 e. The molecule has 0 radical (unpaired) electrons. The number of aromatic nitrogens is 1. The summed E-state index contributed by atoms with van der Waals surface area (Å²) < 4.78 is 1.15. The number of carboxylic acid groups (broad SMARTS) is 1. The molecule has 2 N–H and O–H groups in total. The topological polar surface area (TPSA) is 62.2 Å². The van der Waals surface area contributed by atoms with E-state index in [1.165, 1.54) is 0 Å². The van der Waals surface area contributed by atoms with Gasteiger partial charge in [0.05, 0.1) is 5.56 Å². The molecule has 0 saturated carbocycles. The third kappa shape index (κ3) is 3.93. The van der Waals surface area contributed by atoms with Crippen LogP contribution in [0.25, 0.3) is 0 Å². The maximum absolute atomic E-state index is 11.2. The van der Waals surface area contributed by atoms with Gasteiger partial charge in [0.1, 0.15) is 5.82 Å². The number of carboxylic acids is 1. The molecule has 20 heavy (non-hydrogen) atoms. The van der Waals surface area contributed by atoms with Gasteiger partial charge in [0, 0.05) is 15.0 Å². The van der Waals surface area contributed by atoms with Crippen molar-refractivity contribution in [3.05, 3.63) is 51.2 Å². The van der Waals surface area contributed by atoms with E-state index in [0.717, 1.165) is 27.8 Å². The second kappa shape index (κ2) is 6.69. The molecule has 104 valence electrons. The molecule has 0 saturated heterocycles. The number of nitrogens with one attached hydrogen (secondary N) is 1. The predicted octanol–water partition coefficient (Wildman–Crippen LogP) is 4.08. The number of hydrogen-bond acceptors (Lipinski definition) is 3. The molecule has 1 aromatic heterocycles. The van der Waals surface area contributed by atoms with E-state index in [1.807, 2.05) is 31.2 Å². The van der Waals surface area contributed by atoms with Crippen molar-refractivity contribution in [2.75, 3.05) is 5.32 Å². The minimum absolute atomic E-state index is 0.261. The van der Waals surface area contributed by atoms with Gasteiger partial charge in [0.25, 0.3) is 0 Å². The van der Waals surface area contributed by atoms with Crippen molar-refractivity contribution in [1.82, 2.24) is 4.98 Å². The Balaban J connectivity index is 2.29. The first-order chi connectivity index (χ1) is 9.58. The highest BCUT2D eigenvalue weighted by molar-refractivity contribution is 14.1. The smallest absolute Gasteiger partial charge is 0.335 e. The highest BCUT2D eigenvalue weighted by Crippen LogP contribution is 2.19. The minimum Gasteiger partial charge on any atom is -0.478 e. The molecular weight excluding hydrogens is 367 g/mol.